The monoisotopic (exact) mass is 449 g/mol. The molecule has 0 aromatic heterocycles. The number of esters is 1. The van der Waals surface area contributed by atoms with E-state index in [1.807, 2.05) is 0 Å². The fraction of sp³-hybridized carbons (Fsp3) is 0.263. The topological polar surface area (TPSA) is 142 Å². The van der Waals surface area contributed by atoms with Crippen molar-refractivity contribution >= 4 is 36.7 Å². The molecule has 0 bridgehead atoms. The third-order valence-corrected chi connectivity index (χ3v) is 4.58. The molecule has 31 heavy (non-hydrogen) atoms. The number of carbonyl (C=O) groups excluding carboxylic acids is 2. The molecule has 11 nitrogen and oxygen atoms in total. The van der Waals surface area contributed by atoms with Crippen molar-refractivity contribution in [3.05, 3.63) is 73.8 Å². The van der Waals surface area contributed by atoms with Crippen molar-refractivity contribution in [2.24, 2.45) is 0 Å². The average Bonchev–Trinajstić information content (AvgIpc) is 3.21. The number of nitro groups is 2. The summed E-state index contributed by atoms with van der Waals surface area (Å²) in [6.45, 7) is 0.550. The summed E-state index contributed by atoms with van der Waals surface area (Å²) in [5.74, 6) is -0.507. The predicted molar refractivity (Wildman–Crippen MR) is 113 cm³/mol. The molecule has 1 saturated heterocycles. The van der Waals surface area contributed by atoms with E-state index in [2.05, 4.69) is 4.74 Å². The molecule has 0 aliphatic carbocycles. The first-order chi connectivity index (χ1) is 14.3. The van der Waals surface area contributed by atoms with Crippen LogP contribution in [0, 0.1) is 20.2 Å². The van der Waals surface area contributed by atoms with Gasteiger partial charge in [-0.3, -0.25) is 25.0 Å². The number of nitro benzene ring substituents is 2. The molecule has 12 heteroatoms. The molecule has 0 spiro atoms. The standard InChI is InChI=1S/C19H17N3O8.H2S/c1-29-19(24)12-2-4-16(5-3-12)30-17-6-7-20(11-17)18(23)13-8-14(21(25)26)10-15(9-13)22(27)28;/h2-5,8-10,17H,6-7,11H2,1H3;1H2/t17-;/m0./s1. The van der Waals surface area contributed by atoms with E-state index in [9.17, 15) is 29.8 Å². The maximum absolute atomic E-state index is 12.7. The van der Waals surface area contributed by atoms with Crippen LogP contribution in [0.3, 0.4) is 0 Å². The van der Waals surface area contributed by atoms with Crippen molar-refractivity contribution in [3.63, 3.8) is 0 Å². The number of hydrogen-bond acceptors (Lipinski definition) is 8. The minimum Gasteiger partial charge on any atom is -0.489 e. The van der Waals surface area contributed by atoms with Gasteiger partial charge in [-0.1, -0.05) is 0 Å². The van der Waals surface area contributed by atoms with Gasteiger partial charge in [-0.15, -0.1) is 0 Å². The molecule has 0 unspecified atom stereocenters. The normalized spacial score (nSPS) is 15.0. The molecule has 0 saturated carbocycles. The van der Waals surface area contributed by atoms with Gasteiger partial charge in [0.15, 0.2) is 0 Å². The highest BCUT2D eigenvalue weighted by atomic mass is 32.1. The van der Waals surface area contributed by atoms with Gasteiger partial charge in [0, 0.05) is 25.1 Å². The lowest BCUT2D eigenvalue weighted by atomic mass is 10.1. The van der Waals surface area contributed by atoms with E-state index in [1.54, 1.807) is 24.3 Å². The second-order valence-corrected chi connectivity index (χ2v) is 6.55. The van der Waals surface area contributed by atoms with Crippen molar-refractivity contribution in [2.75, 3.05) is 20.2 Å². The third-order valence-electron chi connectivity index (χ3n) is 4.58. The second-order valence-electron chi connectivity index (χ2n) is 6.55. The van der Waals surface area contributed by atoms with Gasteiger partial charge in [-0.25, -0.2) is 4.79 Å². The largest absolute Gasteiger partial charge is 0.489 e. The smallest absolute Gasteiger partial charge is 0.337 e. The number of carbonyl (C=O) groups is 2. The van der Waals surface area contributed by atoms with Crippen LogP contribution in [0.25, 0.3) is 0 Å². The highest BCUT2D eigenvalue weighted by Crippen LogP contribution is 2.26. The highest BCUT2D eigenvalue weighted by Gasteiger charge is 2.30. The summed E-state index contributed by atoms with van der Waals surface area (Å²) in [5.41, 5.74) is -0.796. The number of ether oxygens (including phenoxy) is 2. The number of hydrogen-bond donors (Lipinski definition) is 0. The molecule has 2 aromatic rings. The minimum absolute atomic E-state index is 0. The number of non-ortho nitro benzene ring substituents is 2. The lowest BCUT2D eigenvalue weighted by Crippen LogP contribution is -2.31. The van der Waals surface area contributed by atoms with E-state index in [0.717, 1.165) is 18.2 Å². The first-order valence-corrected chi connectivity index (χ1v) is 8.86. The second kappa shape index (κ2) is 9.89. The maximum Gasteiger partial charge on any atom is 0.337 e. The van der Waals surface area contributed by atoms with Crippen LogP contribution < -0.4 is 4.74 Å². The van der Waals surface area contributed by atoms with Gasteiger partial charge in [-0.2, -0.15) is 13.5 Å². The Morgan fingerprint density at radius 1 is 1.00 bits per heavy atom. The zero-order valence-electron chi connectivity index (χ0n) is 16.3. The third kappa shape index (κ3) is 5.48. The predicted octanol–water partition coefficient (Wildman–Crippen LogP) is 2.70. The average molecular weight is 449 g/mol. The summed E-state index contributed by atoms with van der Waals surface area (Å²) >= 11 is 0. The first kappa shape index (κ1) is 23.6. The number of methoxy groups -OCH3 is 1. The summed E-state index contributed by atoms with van der Waals surface area (Å²) < 4.78 is 10.5. The van der Waals surface area contributed by atoms with Crippen molar-refractivity contribution in [1.82, 2.24) is 4.90 Å². The summed E-state index contributed by atoms with van der Waals surface area (Å²) in [5, 5.41) is 22.0. The van der Waals surface area contributed by atoms with E-state index >= 15 is 0 Å². The van der Waals surface area contributed by atoms with Crippen molar-refractivity contribution in [3.8, 4) is 5.75 Å². The molecule has 1 atom stereocenters. The molecule has 164 valence electrons. The van der Waals surface area contributed by atoms with Crippen LogP contribution in [0.1, 0.15) is 27.1 Å². The molecular weight excluding hydrogens is 430 g/mol. The highest BCUT2D eigenvalue weighted by molar-refractivity contribution is 7.59. The first-order valence-electron chi connectivity index (χ1n) is 8.86. The molecule has 3 rings (SSSR count). The van der Waals surface area contributed by atoms with Crippen LogP contribution in [0.15, 0.2) is 42.5 Å². The Kier molecular flexibility index (Phi) is 7.53. The van der Waals surface area contributed by atoms with Crippen molar-refractivity contribution in [2.45, 2.75) is 12.5 Å². The molecule has 1 fully saturated rings. The zero-order chi connectivity index (χ0) is 21.8. The molecule has 1 heterocycles. The Bertz CT molecular complexity index is 979. The van der Waals surface area contributed by atoms with Crippen LogP contribution in [-0.2, 0) is 4.74 Å². The summed E-state index contributed by atoms with van der Waals surface area (Å²) in [7, 11) is 1.28. The maximum atomic E-state index is 12.7. The van der Waals surface area contributed by atoms with Gasteiger partial charge in [0.2, 0.25) is 0 Å². The van der Waals surface area contributed by atoms with Crippen LogP contribution in [0.5, 0.6) is 5.75 Å². The summed E-state index contributed by atoms with van der Waals surface area (Å²) in [6, 6.07) is 9.19. The van der Waals surface area contributed by atoms with E-state index in [4.69, 9.17) is 4.74 Å². The Morgan fingerprint density at radius 3 is 2.10 bits per heavy atom. The van der Waals surface area contributed by atoms with E-state index in [-0.39, 0.29) is 31.7 Å². The SMILES string of the molecule is COC(=O)c1ccc(O[C@H]2CCN(C(=O)c3cc([N+](=O)[O-])cc([N+](=O)[O-])c3)C2)cc1.S. The van der Waals surface area contributed by atoms with Crippen LogP contribution in [-0.4, -0.2) is 52.9 Å². The van der Waals surface area contributed by atoms with Gasteiger partial charge in [0.25, 0.3) is 17.3 Å². The fourth-order valence-corrected chi connectivity index (χ4v) is 3.10. The van der Waals surface area contributed by atoms with Crippen LogP contribution in [0.2, 0.25) is 0 Å². The lowest BCUT2D eigenvalue weighted by molar-refractivity contribution is -0.394. The van der Waals surface area contributed by atoms with Crippen LogP contribution in [0.4, 0.5) is 11.4 Å². The Balaban J connectivity index is 0.00000341. The fourth-order valence-electron chi connectivity index (χ4n) is 3.10. The number of amides is 1. The van der Waals surface area contributed by atoms with Gasteiger partial charge in [-0.05, 0) is 24.3 Å². The molecule has 1 amide bonds. The van der Waals surface area contributed by atoms with E-state index in [1.165, 1.54) is 12.0 Å². The van der Waals surface area contributed by atoms with Gasteiger partial charge in [0.05, 0.1) is 40.7 Å². The van der Waals surface area contributed by atoms with Gasteiger partial charge < -0.3 is 14.4 Å². The number of rotatable bonds is 6. The summed E-state index contributed by atoms with van der Waals surface area (Å²) in [4.78, 5) is 46.1. The molecule has 2 aromatic carbocycles. The number of nitrogens with zero attached hydrogens (tertiary/aromatic N) is 3. The zero-order valence-corrected chi connectivity index (χ0v) is 17.3. The van der Waals surface area contributed by atoms with E-state index < -0.39 is 33.1 Å². The van der Waals surface area contributed by atoms with Crippen molar-refractivity contribution in [1.29, 1.82) is 0 Å². The quantitative estimate of drug-likeness (QED) is 0.372. The molecule has 1 aliphatic heterocycles. The number of benzene rings is 2. The molecular formula is C19H19N3O8S. The van der Waals surface area contributed by atoms with Crippen LogP contribution >= 0.6 is 13.5 Å². The molecule has 0 radical (unpaired) electrons. The summed E-state index contributed by atoms with van der Waals surface area (Å²) in [6.07, 6.45) is 0.188. The molecule has 1 aliphatic rings. The Labute approximate surface area is 183 Å². The number of likely N-dealkylation sites (tertiary alicyclic amines) is 1. The lowest BCUT2D eigenvalue weighted by Gasteiger charge is -2.17. The van der Waals surface area contributed by atoms with Crippen molar-refractivity contribution < 1.29 is 28.9 Å². The Morgan fingerprint density at radius 2 is 1.58 bits per heavy atom. The van der Waals surface area contributed by atoms with E-state index in [0.29, 0.717) is 24.3 Å². The van der Waals surface area contributed by atoms with Gasteiger partial charge >= 0.3 is 5.97 Å². The van der Waals surface area contributed by atoms with Gasteiger partial charge in [0.1, 0.15) is 11.9 Å². The minimum atomic E-state index is -0.780. The molecule has 0 N–H and O–H groups in total. The Hall–Kier alpha value is -3.67.